The second-order valence-corrected chi connectivity index (χ2v) is 7.60. The van der Waals surface area contributed by atoms with Gasteiger partial charge < -0.3 is 20.3 Å². The van der Waals surface area contributed by atoms with E-state index in [0.29, 0.717) is 5.92 Å². The number of aromatic nitrogens is 1. The summed E-state index contributed by atoms with van der Waals surface area (Å²) in [5, 5.41) is 6.74. The Hall–Kier alpha value is -1.09. The van der Waals surface area contributed by atoms with Gasteiger partial charge in [0, 0.05) is 52.6 Å². The normalized spacial score (nSPS) is 15.1. The Bertz CT molecular complexity index is 559. The molecule has 0 atom stereocenters. The van der Waals surface area contributed by atoms with Gasteiger partial charge in [-0.2, -0.15) is 0 Å². The zero-order chi connectivity index (χ0) is 19.3. The number of hydrogen-bond donors (Lipinski definition) is 2. The standard InChI is InChI=1S/C21H37N5O.HI/c1-18(2)17-27-14-8-10-24-21(22-3)25-16-19-9-11-23-20(15-19)26-12-6-4-5-7-13-26;/h9,11,15,18H,4-8,10,12-14,16-17H2,1-3H3,(H2,22,24,25);1H. The molecule has 1 aliphatic rings. The number of anilines is 1. The molecule has 0 aliphatic carbocycles. The average molecular weight is 503 g/mol. The van der Waals surface area contributed by atoms with E-state index in [0.717, 1.165) is 57.6 Å². The van der Waals surface area contributed by atoms with Gasteiger partial charge in [0.1, 0.15) is 5.82 Å². The van der Waals surface area contributed by atoms with Crippen LogP contribution in [0.4, 0.5) is 5.82 Å². The molecule has 7 heteroatoms. The zero-order valence-electron chi connectivity index (χ0n) is 17.7. The second kappa shape index (κ2) is 14.8. The minimum atomic E-state index is 0. The number of aliphatic imine (C=N–C) groups is 1. The molecule has 1 aromatic heterocycles. The first-order chi connectivity index (χ1) is 13.2. The topological polar surface area (TPSA) is 61.8 Å². The molecule has 28 heavy (non-hydrogen) atoms. The Morgan fingerprint density at radius 1 is 1.21 bits per heavy atom. The molecule has 0 spiro atoms. The van der Waals surface area contributed by atoms with Crippen LogP contribution in [0.1, 0.15) is 51.5 Å². The molecule has 2 N–H and O–H groups in total. The molecule has 6 nitrogen and oxygen atoms in total. The number of nitrogens with zero attached hydrogens (tertiary/aromatic N) is 3. The van der Waals surface area contributed by atoms with Crippen molar-refractivity contribution in [3.05, 3.63) is 23.9 Å². The highest BCUT2D eigenvalue weighted by Crippen LogP contribution is 2.18. The molecule has 0 radical (unpaired) electrons. The lowest BCUT2D eigenvalue weighted by Crippen LogP contribution is -2.37. The Labute approximate surface area is 187 Å². The molecule has 0 saturated carbocycles. The molecule has 0 bridgehead atoms. The van der Waals surface area contributed by atoms with Gasteiger partial charge in [0.05, 0.1) is 0 Å². The van der Waals surface area contributed by atoms with Crippen molar-refractivity contribution in [2.75, 3.05) is 44.8 Å². The van der Waals surface area contributed by atoms with Crippen molar-refractivity contribution in [2.45, 2.75) is 52.5 Å². The lowest BCUT2D eigenvalue weighted by molar-refractivity contribution is 0.108. The Morgan fingerprint density at radius 2 is 1.96 bits per heavy atom. The summed E-state index contributed by atoms with van der Waals surface area (Å²) in [5.41, 5.74) is 1.23. The van der Waals surface area contributed by atoms with Gasteiger partial charge >= 0.3 is 0 Å². The van der Waals surface area contributed by atoms with Gasteiger partial charge in [0.2, 0.25) is 0 Å². The number of rotatable bonds is 9. The van der Waals surface area contributed by atoms with Crippen LogP contribution in [-0.4, -0.2) is 50.8 Å². The van der Waals surface area contributed by atoms with E-state index >= 15 is 0 Å². The summed E-state index contributed by atoms with van der Waals surface area (Å²) in [6, 6.07) is 4.27. The molecule has 1 aliphatic heterocycles. The van der Waals surface area contributed by atoms with Gasteiger partial charge in [0.15, 0.2) is 5.96 Å². The molecular weight excluding hydrogens is 465 g/mol. The van der Waals surface area contributed by atoms with Crippen LogP contribution in [0.2, 0.25) is 0 Å². The molecule has 0 amide bonds. The van der Waals surface area contributed by atoms with E-state index in [9.17, 15) is 0 Å². The summed E-state index contributed by atoms with van der Waals surface area (Å²) >= 11 is 0. The number of ether oxygens (including phenoxy) is 1. The van der Waals surface area contributed by atoms with E-state index in [2.05, 4.69) is 51.5 Å². The van der Waals surface area contributed by atoms with Crippen LogP contribution in [0.15, 0.2) is 23.3 Å². The maximum absolute atomic E-state index is 5.61. The summed E-state index contributed by atoms with van der Waals surface area (Å²) in [7, 11) is 1.81. The summed E-state index contributed by atoms with van der Waals surface area (Å²) in [4.78, 5) is 11.3. The number of hydrogen-bond acceptors (Lipinski definition) is 4. The van der Waals surface area contributed by atoms with Crippen LogP contribution >= 0.6 is 24.0 Å². The number of halogens is 1. The third-order valence-electron chi connectivity index (χ3n) is 4.63. The van der Waals surface area contributed by atoms with E-state index < -0.39 is 0 Å². The van der Waals surface area contributed by atoms with Crippen molar-refractivity contribution in [2.24, 2.45) is 10.9 Å². The SMILES string of the molecule is CN=C(NCCCOCC(C)C)NCc1ccnc(N2CCCCCC2)c1.I. The Kier molecular flexibility index (Phi) is 13.2. The average Bonchev–Trinajstić information content (AvgIpc) is 2.96. The first-order valence-corrected chi connectivity index (χ1v) is 10.4. The molecule has 1 fully saturated rings. The summed E-state index contributed by atoms with van der Waals surface area (Å²) in [5.74, 6) is 2.51. The third kappa shape index (κ3) is 9.91. The molecule has 160 valence electrons. The van der Waals surface area contributed by atoms with E-state index in [1.807, 2.05) is 6.20 Å². The Balaban J connectivity index is 0.00000392. The van der Waals surface area contributed by atoms with Crippen molar-refractivity contribution in [1.29, 1.82) is 0 Å². The third-order valence-corrected chi connectivity index (χ3v) is 4.63. The van der Waals surface area contributed by atoms with E-state index in [4.69, 9.17) is 4.74 Å². The number of guanidine groups is 1. The van der Waals surface area contributed by atoms with Gasteiger partial charge in [-0.25, -0.2) is 4.98 Å². The quantitative estimate of drug-likeness (QED) is 0.232. The van der Waals surface area contributed by atoms with Gasteiger partial charge in [-0.1, -0.05) is 26.7 Å². The number of pyridine rings is 1. The Morgan fingerprint density at radius 3 is 2.64 bits per heavy atom. The van der Waals surface area contributed by atoms with Crippen LogP contribution in [0.25, 0.3) is 0 Å². The van der Waals surface area contributed by atoms with Gasteiger partial charge in [-0.05, 0) is 42.9 Å². The summed E-state index contributed by atoms with van der Waals surface area (Å²) < 4.78 is 5.61. The molecule has 1 aromatic rings. The lowest BCUT2D eigenvalue weighted by atomic mass is 10.2. The van der Waals surface area contributed by atoms with Crippen LogP contribution < -0.4 is 15.5 Å². The van der Waals surface area contributed by atoms with Gasteiger partial charge in [-0.15, -0.1) is 24.0 Å². The van der Waals surface area contributed by atoms with Crippen molar-refractivity contribution in [3.8, 4) is 0 Å². The highest BCUT2D eigenvalue weighted by molar-refractivity contribution is 14.0. The van der Waals surface area contributed by atoms with Crippen molar-refractivity contribution < 1.29 is 4.74 Å². The van der Waals surface area contributed by atoms with E-state index in [1.165, 1.54) is 31.2 Å². The highest BCUT2D eigenvalue weighted by Gasteiger charge is 2.11. The second-order valence-electron chi connectivity index (χ2n) is 7.60. The van der Waals surface area contributed by atoms with Crippen LogP contribution in [0.5, 0.6) is 0 Å². The van der Waals surface area contributed by atoms with Crippen molar-refractivity contribution in [3.63, 3.8) is 0 Å². The fourth-order valence-corrected chi connectivity index (χ4v) is 3.15. The first-order valence-electron chi connectivity index (χ1n) is 10.4. The maximum Gasteiger partial charge on any atom is 0.191 e. The highest BCUT2D eigenvalue weighted by atomic mass is 127. The monoisotopic (exact) mass is 503 g/mol. The summed E-state index contributed by atoms with van der Waals surface area (Å²) in [6.07, 6.45) is 8.09. The van der Waals surface area contributed by atoms with Crippen molar-refractivity contribution >= 4 is 35.8 Å². The predicted molar refractivity (Wildman–Crippen MR) is 129 cm³/mol. The molecule has 1 saturated heterocycles. The first kappa shape index (κ1) is 24.9. The summed E-state index contributed by atoms with van der Waals surface area (Å²) in [6.45, 7) is 9.78. The predicted octanol–water partition coefficient (Wildman–Crippen LogP) is 3.81. The van der Waals surface area contributed by atoms with Crippen LogP contribution in [0, 0.1) is 5.92 Å². The van der Waals surface area contributed by atoms with Gasteiger partial charge in [-0.3, -0.25) is 4.99 Å². The lowest BCUT2D eigenvalue weighted by Gasteiger charge is -2.22. The number of nitrogens with one attached hydrogen (secondary N) is 2. The fraction of sp³-hybridized carbons (Fsp3) is 0.714. The molecule has 2 heterocycles. The van der Waals surface area contributed by atoms with E-state index in [-0.39, 0.29) is 24.0 Å². The zero-order valence-corrected chi connectivity index (χ0v) is 20.1. The molecular formula is C21H38IN5O. The minimum Gasteiger partial charge on any atom is -0.381 e. The molecule has 0 unspecified atom stereocenters. The van der Waals surface area contributed by atoms with E-state index in [1.54, 1.807) is 7.05 Å². The van der Waals surface area contributed by atoms with Crippen molar-refractivity contribution in [1.82, 2.24) is 15.6 Å². The minimum absolute atomic E-state index is 0. The van der Waals surface area contributed by atoms with Crippen LogP contribution in [-0.2, 0) is 11.3 Å². The van der Waals surface area contributed by atoms with Gasteiger partial charge in [0.25, 0.3) is 0 Å². The largest absolute Gasteiger partial charge is 0.381 e. The maximum atomic E-state index is 5.61. The fourth-order valence-electron chi connectivity index (χ4n) is 3.15. The molecule has 0 aromatic carbocycles. The van der Waals surface area contributed by atoms with Crippen LogP contribution in [0.3, 0.4) is 0 Å². The smallest absolute Gasteiger partial charge is 0.191 e. The molecule has 2 rings (SSSR count).